The molecule has 0 aromatic heterocycles. The fraction of sp³-hybridized carbons (Fsp3) is 0.300. The van der Waals surface area contributed by atoms with E-state index in [2.05, 4.69) is 0 Å². The molecule has 0 aliphatic carbocycles. The Kier molecular flexibility index (Phi) is 3.48. The second kappa shape index (κ2) is 4.62. The van der Waals surface area contributed by atoms with Gasteiger partial charge in [-0.15, -0.1) is 0 Å². The molecule has 0 saturated carbocycles. The van der Waals surface area contributed by atoms with Crippen molar-refractivity contribution < 1.29 is 19.7 Å². The summed E-state index contributed by atoms with van der Waals surface area (Å²) in [6.45, 7) is 1.78. The zero-order valence-electron chi connectivity index (χ0n) is 7.86. The number of aromatic carboxylic acids is 1. The van der Waals surface area contributed by atoms with Crippen LogP contribution < -0.4 is 4.74 Å². The predicted molar refractivity (Wildman–Crippen MR) is 50.7 cm³/mol. The predicted octanol–water partition coefficient (Wildman–Crippen LogP) is 1.06. The van der Waals surface area contributed by atoms with E-state index >= 15 is 0 Å². The molecule has 1 aromatic rings. The van der Waals surface area contributed by atoms with Crippen molar-refractivity contribution in [3.63, 3.8) is 0 Å². The Morgan fingerprint density at radius 3 is 2.79 bits per heavy atom. The van der Waals surface area contributed by atoms with Gasteiger partial charge in [0.2, 0.25) is 0 Å². The third-order valence-corrected chi connectivity index (χ3v) is 1.71. The Balaban J connectivity index is 2.96. The standard InChI is InChI=1S/C10H12O4/c1-7-2-3-9(14-5-4-11)8(6-7)10(12)13/h2-3,6,11H,4-5H2,1H3,(H,12,13). The van der Waals surface area contributed by atoms with Crippen molar-refractivity contribution in [1.29, 1.82) is 0 Å². The molecule has 14 heavy (non-hydrogen) atoms. The largest absolute Gasteiger partial charge is 0.490 e. The number of carbonyl (C=O) groups is 1. The lowest BCUT2D eigenvalue weighted by Crippen LogP contribution is -2.07. The van der Waals surface area contributed by atoms with Gasteiger partial charge < -0.3 is 14.9 Å². The second-order valence-electron chi connectivity index (χ2n) is 2.88. The molecule has 0 aliphatic rings. The van der Waals surface area contributed by atoms with E-state index in [9.17, 15) is 4.79 Å². The van der Waals surface area contributed by atoms with Crippen molar-refractivity contribution in [2.24, 2.45) is 0 Å². The summed E-state index contributed by atoms with van der Waals surface area (Å²) in [5.74, 6) is -0.737. The van der Waals surface area contributed by atoms with E-state index < -0.39 is 5.97 Å². The molecule has 0 spiro atoms. The number of aliphatic hydroxyl groups is 1. The molecule has 0 radical (unpaired) electrons. The summed E-state index contributed by atoms with van der Waals surface area (Å²) >= 11 is 0. The van der Waals surface area contributed by atoms with Gasteiger partial charge in [0.05, 0.1) is 6.61 Å². The van der Waals surface area contributed by atoms with Crippen LogP contribution in [0.25, 0.3) is 0 Å². The van der Waals surface area contributed by atoms with Gasteiger partial charge in [0.15, 0.2) is 0 Å². The number of carboxylic acids is 1. The van der Waals surface area contributed by atoms with Gasteiger partial charge in [0.25, 0.3) is 0 Å². The van der Waals surface area contributed by atoms with Crippen LogP contribution >= 0.6 is 0 Å². The molecule has 1 rings (SSSR count). The maximum Gasteiger partial charge on any atom is 0.339 e. The van der Waals surface area contributed by atoms with Crippen LogP contribution in [-0.2, 0) is 0 Å². The Morgan fingerprint density at radius 2 is 2.21 bits per heavy atom. The molecule has 1 aromatic carbocycles. The van der Waals surface area contributed by atoms with E-state index in [1.54, 1.807) is 12.1 Å². The summed E-state index contributed by atoms with van der Waals surface area (Å²) in [5.41, 5.74) is 0.984. The highest BCUT2D eigenvalue weighted by Gasteiger charge is 2.10. The molecular weight excluding hydrogens is 184 g/mol. The Labute approximate surface area is 81.8 Å². The van der Waals surface area contributed by atoms with Crippen LogP contribution in [0.15, 0.2) is 18.2 Å². The molecule has 0 atom stereocenters. The first-order valence-electron chi connectivity index (χ1n) is 4.22. The SMILES string of the molecule is Cc1ccc(OCCO)c(C(=O)O)c1. The normalized spacial score (nSPS) is 9.86. The van der Waals surface area contributed by atoms with Gasteiger partial charge in [-0.25, -0.2) is 4.79 Å². The van der Waals surface area contributed by atoms with E-state index in [1.807, 2.05) is 6.92 Å². The fourth-order valence-electron chi connectivity index (χ4n) is 1.09. The van der Waals surface area contributed by atoms with Crippen LogP contribution in [0.3, 0.4) is 0 Å². The van der Waals surface area contributed by atoms with Crippen LogP contribution in [0.2, 0.25) is 0 Å². The van der Waals surface area contributed by atoms with Gasteiger partial charge in [-0.3, -0.25) is 0 Å². The quantitative estimate of drug-likeness (QED) is 0.755. The van der Waals surface area contributed by atoms with Gasteiger partial charge in [0.1, 0.15) is 17.9 Å². The van der Waals surface area contributed by atoms with E-state index in [1.165, 1.54) is 6.07 Å². The number of rotatable bonds is 4. The Bertz CT molecular complexity index is 333. The van der Waals surface area contributed by atoms with Crippen molar-refractivity contribution >= 4 is 5.97 Å². The van der Waals surface area contributed by atoms with Crippen LogP contribution in [0.1, 0.15) is 15.9 Å². The molecule has 4 heteroatoms. The lowest BCUT2D eigenvalue weighted by molar-refractivity contribution is 0.0690. The van der Waals surface area contributed by atoms with Crippen molar-refractivity contribution in [3.05, 3.63) is 29.3 Å². The molecular formula is C10H12O4. The maximum atomic E-state index is 10.8. The number of ether oxygens (including phenoxy) is 1. The summed E-state index contributed by atoms with van der Waals surface area (Å²) in [5, 5.41) is 17.4. The number of aryl methyl sites for hydroxylation is 1. The smallest absolute Gasteiger partial charge is 0.339 e. The number of hydrogen-bond donors (Lipinski definition) is 2. The van der Waals surface area contributed by atoms with Crippen molar-refractivity contribution in [2.45, 2.75) is 6.92 Å². The molecule has 4 nitrogen and oxygen atoms in total. The number of benzene rings is 1. The number of carboxylic acid groups (broad SMARTS) is 1. The first-order valence-corrected chi connectivity index (χ1v) is 4.22. The molecule has 0 heterocycles. The summed E-state index contributed by atoms with van der Waals surface area (Å²) in [6, 6.07) is 4.89. The molecule has 76 valence electrons. The van der Waals surface area contributed by atoms with Gasteiger partial charge in [-0.1, -0.05) is 11.6 Å². The maximum absolute atomic E-state index is 10.8. The van der Waals surface area contributed by atoms with Crippen LogP contribution in [-0.4, -0.2) is 29.4 Å². The minimum atomic E-state index is -1.03. The zero-order chi connectivity index (χ0) is 10.6. The molecule has 0 fully saturated rings. The lowest BCUT2D eigenvalue weighted by atomic mass is 10.1. The summed E-state index contributed by atoms with van der Waals surface area (Å²) in [4.78, 5) is 10.8. The van der Waals surface area contributed by atoms with Crippen LogP contribution in [0, 0.1) is 6.92 Å². The molecule has 0 bridgehead atoms. The van der Waals surface area contributed by atoms with Crippen molar-refractivity contribution in [2.75, 3.05) is 13.2 Å². The van der Waals surface area contributed by atoms with Gasteiger partial charge in [0, 0.05) is 0 Å². The Hall–Kier alpha value is -1.55. The highest BCUT2D eigenvalue weighted by Crippen LogP contribution is 2.19. The topological polar surface area (TPSA) is 66.8 Å². The monoisotopic (exact) mass is 196 g/mol. The first-order chi connectivity index (χ1) is 6.65. The average Bonchev–Trinajstić information content (AvgIpc) is 2.15. The van der Waals surface area contributed by atoms with Crippen LogP contribution in [0.5, 0.6) is 5.75 Å². The molecule has 2 N–H and O–H groups in total. The molecule has 0 saturated heterocycles. The molecule has 0 amide bonds. The summed E-state index contributed by atoms with van der Waals surface area (Å²) in [6.07, 6.45) is 0. The fourth-order valence-corrected chi connectivity index (χ4v) is 1.09. The Morgan fingerprint density at radius 1 is 1.50 bits per heavy atom. The molecule has 0 unspecified atom stereocenters. The highest BCUT2D eigenvalue weighted by molar-refractivity contribution is 5.91. The first kappa shape index (κ1) is 10.5. The van der Waals surface area contributed by atoms with Gasteiger partial charge >= 0.3 is 5.97 Å². The summed E-state index contributed by atoms with van der Waals surface area (Å²) < 4.78 is 5.07. The number of hydrogen-bond acceptors (Lipinski definition) is 3. The zero-order valence-corrected chi connectivity index (χ0v) is 7.86. The van der Waals surface area contributed by atoms with E-state index in [4.69, 9.17) is 14.9 Å². The minimum Gasteiger partial charge on any atom is -0.490 e. The van der Waals surface area contributed by atoms with Crippen LogP contribution in [0.4, 0.5) is 0 Å². The third-order valence-electron chi connectivity index (χ3n) is 1.71. The molecule has 0 aliphatic heterocycles. The third kappa shape index (κ3) is 2.47. The van der Waals surface area contributed by atoms with Crippen molar-refractivity contribution in [1.82, 2.24) is 0 Å². The minimum absolute atomic E-state index is 0.101. The number of aliphatic hydroxyl groups excluding tert-OH is 1. The van der Waals surface area contributed by atoms with Gasteiger partial charge in [-0.2, -0.15) is 0 Å². The van der Waals surface area contributed by atoms with Gasteiger partial charge in [-0.05, 0) is 19.1 Å². The second-order valence-corrected chi connectivity index (χ2v) is 2.88. The average molecular weight is 196 g/mol. The van der Waals surface area contributed by atoms with E-state index in [0.29, 0.717) is 0 Å². The van der Waals surface area contributed by atoms with E-state index in [0.717, 1.165) is 5.56 Å². The van der Waals surface area contributed by atoms with Crippen molar-refractivity contribution in [3.8, 4) is 5.75 Å². The summed E-state index contributed by atoms with van der Waals surface area (Å²) in [7, 11) is 0. The lowest BCUT2D eigenvalue weighted by Gasteiger charge is -2.08. The van der Waals surface area contributed by atoms with E-state index in [-0.39, 0.29) is 24.5 Å². The highest BCUT2D eigenvalue weighted by atomic mass is 16.5.